The quantitative estimate of drug-likeness (QED) is 0.878. The van der Waals surface area contributed by atoms with Gasteiger partial charge in [-0.05, 0) is 17.7 Å². The molecule has 0 fully saturated rings. The van der Waals surface area contributed by atoms with Crippen LogP contribution in [-0.2, 0) is 12.3 Å². The number of thiazole rings is 1. The van der Waals surface area contributed by atoms with E-state index in [-0.39, 0.29) is 5.78 Å². The van der Waals surface area contributed by atoms with Crippen LogP contribution in [-0.4, -0.2) is 21.6 Å². The molecule has 2 N–H and O–H groups in total. The Morgan fingerprint density at radius 2 is 2.30 bits per heavy atom. The Bertz CT molecular complexity index is 659. The number of benzene rings is 1. The van der Waals surface area contributed by atoms with Gasteiger partial charge >= 0.3 is 0 Å². The Morgan fingerprint density at radius 3 is 3.10 bits per heavy atom. The molecule has 1 aliphatic heterocycles. The summed E-state index contributed by atoms with van der Waals surface area (Å²) in [6.45, 7) is 1.09. The molecular formula is C13H12ClN3OS2. The highest BCUT2D eigenvalue weighted by molar-refractivity contribution is 7.96. The van der Waals surface area contributed by atoms with Gasteiger partial charge in [0.2, 0.25) is 0 Å². The first-order valence-electron chi connectivity index (χ1n) is 6.02. The number of halogens is 1. The van der Waals surface area contributed by atoms with E-state index < -0.39 is 0 Å². The maximum absolute atomic E-state index is 12.0. The molecule has 1 aliphatic rings. The third-order valence-electron chi connectivity index (χ3n) is 2.92. The van der Waals surface area contributed by atoms with Crippen LogP contribution in [0.15, 0.2) is 24.3 Å². The standard InChI is InChI=1S/C13H12ClN3OS2/c14-9-3-1-2-8(4-9)7-19-17-5-10(18)12-11(6-17)20-13(15)16-12/h1-4H,5-7H2,(H2,15,16). The van der Waals surface area contributed by atoms with Crippen LogP contribution in [0.1, 0.15) is 20.9 Å². The van der Waals surface area contributed by atoms with E-state index in [0.29, 0.717) is 23.9 Å². The number of carbonyl (C=O) groups is 1. The molecule has 1 aromatic carbocycles. The molecule has 0 amide bonds. The van der Waals surface area contributed by atoms with Gasteiger partial charge in [0.1, 0.15) is 5.69 Å². The summed E-state index contributed by atoms with van der Waals surface area (Å²) in [6, 6.07) is 7.76. The van der Waals surface area contributed by atoms with Gasteiger partial charge < -0.3 is 5.73 Å². The van der Waals surface area contributed by atoms with E-state index in [9.17, 15) is 4.79 Å². The maximum atomic E-state index is 12.0. The van der Waals surface area contributed by atoms with Gasteiger partial charge in [-0.3, -0.25) is 4.79 Å². The van der Waals surface area contributed by atoms with Gasteiger partial charge in [0.15, 0.2) is 10.9 Å². The highest BCUT2D eigenvalue weighted by Crippen LogP contribution is 2.31. The maximum Gasteiger partial charge on any atom is 0.197 e. The lowest BCUT2D eigenvalue weighted by Crippen LogP contribution is -2.29. The van der Waals surface area contributed by atoms with Crippen LogP contribution in [0.2, 0.25) is 5.02 Å². The molecule has 0 unspecified atom stereocenters. The van der Waals surface area contributed by atoms with Gasteiger partial charge in [0, 0.05) is 17.3 Å². The highest BCUT2D eigenvalue weighted by atomic mass is 35.5. The van der Waals surface area contributed by atoms with E-state index >= 15 is 0 Å². The number of aromatic nitrogens is 1. The Morgan fingerprint density at radius 1 is 1.45 bits per heavy atom. The number of carbonyl (C=O) groups excluding carboxylic acids is 1. The number of Topliss-reactive ketones (excluding diaryl/α,β-unsaturated/α-hetero) is 1. The molecule has 20 heavy (non-hydrogen) atoms. The lowest BCUT2D eigenvalue weighted by atomic mass is 10.2. The van der Waals surface area contributed by atoms with Crippen molar-refractivity contribution in [3.63, 3.8) is 0 Å². The molecule has 7 heteroatoms. The van der Waals surface area contributed by atoms with E-state index in [0.717, 1.165) is 21.2 Å². The zero-order chi connectivity index (χ0) is 14.1. The topological polar surface area (TPSA) is 59.2 Å². The summed E-state index contributed by atoms with van der Waals surface area (Å²) in [7, 11) is 0. The van der Waals surface area contributed by atoms with E-state index in [1.807, 2.05) is 28.6 Å². The molecule has 0 radical (unpaired) electrons. The van der Waals surface area contributed by atoms with E-state index in [2.05, 4.69) is 4.98 Å². The fraction of sp³-hybridized carbons (Fsp3) is 0.231. The SMILES string of the molecule is Nc1nc2c(s1)CN(SCc1cccc(Cl)c1)CC2=O. The molecular weight excluding hydrogens is 314 g/mol. The molecule has 0 atom stereocenters. The predicted molar refractivity (Wildman–Crippen MR) is 84.0 cm³/mol. The summed E-state index contributed by atoms with van der Waals surface area (Å²) < 4.78 is 2.04. The van der Waals surface area contributed by atoms with E-state index in [1.165, 1.54) is 11.3 Å². The van der Waals surface area contributed by atoms with Crippen molar-refractivity contribution in [1.82, 2.24) is 9.29 Å². The second-order valence-electron chi connectivity index (χ2n) is 4.45. The van der Waals surface area contributed by atoms with Crippen LogP contribution in [0.4, 0.5) is 5.13 Å². The molecule has 104 valence electrons. The summed E-state index contributed by atoms with van der Waals surface area (Å²) in [4.78, 5) is 17.0. The number of hydrogen-bond donors (Lipinski definition) is 1. The Hall–Kier alpha value is -1.08. The number of nitrogens with two attached hydrogens (primary N) is 1. The number of anilines is 1. The van der Waals surface area contributed by atoms with Gasteiger partial charge in [-0.25, -0.2) is 9.29 Å². The molecule has 0 bridgehead atoms. The molecule has 0 saturated carbocycles. The van der Waals surface area contributed by atoms with Crippen molar-refractivity contribution >= 4 is 45.8 Å². The smallest absolute Gasteiger partial charge is 0.197 e. The van der Waals surface area contributed by atoms with Crippen molar-refractivity contribution in [3.8, 4) is 0 Å². The summed E-state index contributed by atoms with van der Waals surface area (Å²) in [5.41, 5.74) is 7.35. The first-order valence-corrected chi connectivity index (χ1v) is 8.16. The fourth-order valence-electron chi connectivity index (χ4n) is 2.03. The number of nitrogen functional groups attached to an aromatic ring is 1. The van der Waals surface area contributed by atoms with Crippen LogP contribution in [0, 0.1) is 0 Å². The van der Waals surface area contributed by atoms with Crippen molar-refractivity contribution in [1.29, 1.82) is 0 Å². The lowest BCUT2D eigenvalue weighted by molar-refractivity contribution is 0.0951. The Labute approximate surface area is 130 Å². The largest absolute Gasteiger partial charge is 0.375 e. The van der Waals surface area contributed by atoms with Gasteiger partial charge in [-0.1, -0.05) is 35.7 Å². The molecule has 0 saturated heterocycles. The molecule has 2 aromatic rings. The second kappa shape index (κ2) is 5.73. The van der Waals surface area contributed by atoms with Crippen molar-refractivity contribution < 1.29 is 4.79 Å². The fourth-order valence-corrected chi connectivity index (χ4v) is 4.13. The summed E-state index contributed by atoms with van der Waals surface area (Å²) >= 11 is 8.98. The first-order chi connectivity index (χ1) is 9.61. The van der Waals surface area contributed by atoms with Crippen molar-refractivity contribution in [2.24, 2.45) is 0 Å². The predicted octanol–water partition coefficient (Wildman–Crippen LogP) is 3.23. The minimum absolute atomic E-state index is 0.0396. The van der Waals surface area contributed by atoms with Crippen LogP contribution < -0.4 is 5.73 Å². The summed E-state index contributed by atoms with van der Waals surface area (Å²) in [6.07, 6.45) is 0. The van der Waals surface area contributed by atoms with Crippen LogP contribution in [0.3, 0.4) is 0 Å². The van der Waals surface area contributed by atoms with Crippen LogP contribution in [0.25, 0.3) is 0 Å². The zero-order valence-corrected chi connectivity index (χ0v) is 12.9. The summed E-state index contributed by atoms with van der Waals surface area (Å²) in [5.74, 6) is 0.829. The molecule has 1 aromatic heterocycles. The minimum atomic E-state index is 0.0396. The van der Waals surface area contributed by atoms with Crippen molar-refractivity contribution in [2.45, 2.75) is 12.3 Å². The van der Waals surface area contributed by atoms with Crippen molar-refractivity contribution in [3.05, 3.63) is 45.4 Å². The molecule has 3 rings (SSSR count). The van der Waals surface area contributed by atoms with Gasteiger partial charge in [-0.2, -0.15) is 0 Å². The average molecular weight is 326 g/mol. The van der Waals surface area contributed by atoms with E-state index in [4.69, 9.17) is 17.3 Å². The molecule has 4 nitrogen and oxygen atoms in total. The highest BCUT2D eigenvalue weighted by Gasteiger charge is 2.27. The van der Waals surface area contributed by atoms with Crippen LogP contribution >= 0.6 is 34.9 Å². The number of rotatable bonds is 3. The normalized spacial score (nSPS) is 15.3. The molecule has 0 aliphatic carbocycles. The second-order valence-corrected chi connectivity index (χ2v) is 7.06. The van der Waals surface area contributed by atoms with Crippen molar-refractivity contribution in [2.75, 3.05) is 12.3 Å². The number of fused-ring (bicyclic) bond motifs is 1. The third-order valence-corrected chi connectivity index (χ3v) is 5.11. The number of ketones is 1. The van der Waals surface area contributed by atoms with Gasteiger partial charge in [-0.15, -0.1) is 11.3 Å². The molecule has 0 spiro atoms. The van der Waals surface area contributed by atoms with Gasteiger partial charge in [0.25, 0.3) is 0 Å². The minimum Gasteiger partial charge on any atom is -0.375 e. The Balaban J connectivity index is 1.67. The van der Waals surface area contributed by atoms with E-state index in [1.54, 1.807) is 11.9 Å². The monoisotopic (exact) mass is 325 g/mol. The molecule has 2 heterocycles. The first kappa shape index (κ1) is 13.9. The lowest BCUT2D eigenvalue weighted by Gasteiger charge is -2.23. The Kier molecular flexibility index (Phi) is 3.98. The zero-order valence-electron chi connectivity index (χ0n) is 10.5. The van der Waals surface area contributed by atoms with Gasteiger partial charge in [0.05, 0.1) is 11.4 Å². The summed E-state index contributed by atoms with van der Waals surface area (Å²) in [5, 5.41) is 1.19. The number of nitrogens with zero attached hydrogens (tertiary/aromatic N) is 2. The average Bonchev–Trinajstić information content (AvgIpc) is 2.78. The van der Waals surface area contributed by atoms with Crippen LogP contribution in [0.5, 0.6) is 0 Å². The number of hydrogen-bond acceptors (Lipinski definition) is 6. The third kappa shape index (κ3) is 2.98.